The summed E-state index contributed by atoms with van der Waals surface area (Å²) in [6.45, 7) is 0. The number of fused-ring (bicyclic) bond motifs is 1. The summed E-state index contributed by atoms with van der Waals surface area (Å²) in [4.78, 5) is 11.5. The normalized spacial score (nSPS) is 13.4. The molecule has 1 heterocycles. The van der Waals surface area contributed by atoms with Crippen molar-refractivity contribution < 1.29 is 22.5 Å². The van der Waals surface area contributed by atoms with Crippen LogP contribution in [0.25, 0.3) is 10.1 Å². The van der Waals surface area contributed by atoms with E-state index in [-0.39, 0.29) is 22.1 Å². The molecular formula is C13H14O5S3. The molecule has 1 atom stereocenters. The van der Waals surface area contributed by atoms with Crippen molar-refractivity contribution >= 4 is 48.0 Å². The predicted molar refractivity (Wildman–Crippen MR) is 85.2 cm³/mol. The summed E-state index contributed by atoms with van der Waals surface area (Å²) in [6.07, 6.45) is 1.09. The van der Waals surface area contributed by atoms with Gasteiger partial charge in [-0.05, 0) is 17.0 Å². The van der Waals surface area contributed by atoms with Crippen LogP contribution in [-0.2, 0) is 26.4 Å². The molecule has 0 aliphatic rings. The maximum absolute atomic E-state index is 12.0. The van der Waals surface area contributed by atoms with Crippen molar-refractivity contribution in [2.75, 3.05) is 17.8 Å². The Labute approximate surface area is 129 Å². The zero-order valence-electron chi connectivity index (χ0n) is 11.2. The van der Waals surface area contributed by atoms with E-state index < -0.39 is 26.6 Å². The number of benzene rings is 1. The SMILES string of the molecule is CS(=O)(=O)CCS(=O)Cc1c(C(=O)O)sc2ccccc12. The summed E-state index contributed by atoms with van der Waals surface area (Å²) < 4.78 is 35.1. The minimum Gasteiger partial charge on any atom is -0.477 e. The van der Waals surface area contributed by atoms with E-state index in [4.69, 9.17) is 0 Å². The Bertz CT molecular complexity index is 804. The first-order valence-corrected chi connectivity index (χ1v) is 10.4. The minimum absolute atomic E-state index is 0.0159. The third-order valence-corrected chi connectivity index (χ3v) is 6.55. The summed E-state index contributed by atoms with van der Waals surface area (Å²) in [5, 5.41) is 10.0. The first kappa shape index (κ1) is 16.1. The highest BCUT2D eigenvalue weighted by Gasteiger charge is 2.19. The molecule has 1 aromatic carbocycles. The molecule has 0 amide bonds. The van der Waals surface area contributed by atoms with E-state index >= 15 is 0 Å². The van der Waals surface area contributed by atoms with E-state index in [0.29, 0.717) is 5.56 Å². The standard InChI is InChI=1S/C13H14O5S3/c1-21(17,18)7-6-20(16)8-10-9-4-2-3-5-11(9)19-12(10)13(14)15/h2-5H,6-8H2,1H3,(H,14,15). The smallest absolute Gasteiger partial charge is 0.346 e. The van der Waals surface area contributed by atoms with Gasteiger partial charge in [-0.1, -0.05) is 18.2 Å². The van der Waals surface area contributed by atoms with Crippen molar-refractivity contribution in [3.05, 3.63) is 34.7 Å². The number of carboxylic acid groups (broad SMARTS) is 1. The van der Waals surface area contributed by atoms with Crippen molar-refractivity contribution in [3.8, 4) is 0 Å². The lowest BCUT2D eigenvalue weighted by atomic mass is 10.1. The third-order valence-electron chi connectivity index (χ3n) is 2.88. The van der Waals surface area contributed by atoms with Gasteiger partial charge in [0.15, 0.2) is 0 Å². The van der Waals surface area contributed by atoms with Crippen LogP contribution in [-0.4, -0.2) is 41.5 Å². The number of aromatic carboxylic acids is 1. The molecule has 2 aromatic rings. The second kappa shape index (κ2) is 6.25. The molecule has 0 aliphatic carbocycles. The van der Waals surface area contributed by atoms with Crippen molar-refractivity contribution in [2.24, 2.45) is 0 Å². The second-order valence-corrected chi connectivity index (χ2v) is 9.52. The number of carboxylic acids is 1. The van der Waals surface area contributed by atoms with Crippen LogP contribution in [0.5, 0.6) is 0 Å². The maximum atomic E-state index is 12.0. The number of hydrogen-bond acceptors (Lipinski definition) is 5. The quantitative estimate of drug-likeness (QED) is 0.863. The molecule has 2 rings (SSSR count). The molecule has 21 heavy (non-hydrogen) atoms. The zero-order chi connectivity index (χ0) is 15.6. The average Bonchev–Trinajstić information content (AvgIpc) is 2.75. The molecule has 1 unspecified atom stereocenters. The zero-order valence-corrected chi connectivity index (χ0v) is 13.7. The highest BCUT2D eigenvalue weighted by molar-refractivity contribution is 7.92. The van der Waals surface area contributed by atoms with Gasteiger partial charge in [0.25, 0.3) is 0 Å². The Morgan fingerprint density at radius 1 is 1.33 bits per heavy atom. The Hall–Kier alpha value is -1.25. The monoisotopic (exact) mass is 346 g/mol. The summed E-state index contributed by atoms with van der Waals surface area (Å²) in [5.41, 5.74) is 0.523. The molecule has 0 radical (unpaired) electrons. The summed E-state index contributed by atoms with van der Waals surface area (Å²) in [7, 11) is -4.59. The molecule has 0 bridgehead atoms. The molecule has 0 saturated carbocycles. The summed E-state index contributed by atoms with van der Waals surface area (Å²) in [6, 6.07) is 7.22. The van der Waals surface area contributed by atoms with Crippen LogP contribution >= 0.6 is 11.3 Å². The Morgan fingerprint density at radius 3 is 2.62 bits per heavy atom. The Kier molecular flexibility index (Phi) is 4.80. The molecule has 8 heteroatoms. The van der Waals surface area contributed by atoms with Crippen LogP contribution in [0.3, 0.4) is 0 Å². The second-order valence-electron chi connectivity index (χ2n) is 4.63. The van der Waals surface area contributed by atoms with Gasteiger partial charge < -0.3 is 5.11 Å². The van der Waals surface area contributed by atoms with Crippen LogP contribution in [0.15, 0.2) is 24.3 Å². The van der Waals surface area contributed by atoms with Gasteiger partial charge in [0.2, 0.25) is 0 Å². The van der Waals surface area contributed by atoms with E-state index in [1.807, 2.05) is 12.1 Å². The third kappa shape index (κ3) is 4.12. The van der Waals surface area contributed by atoms with Gasteiger partial charge >= 0.3 is 5.97 Å². The molecule has 5 nitrogen and oxygen atoms in total. The van der Waals surface area contributed by atoms with Crippen molar-refractivity contribution in [1.29, 1.82) is 0 Å². The van der Waals surface area contributed by atoms with Gasteiger partial charge in [-0.2, -0.15) is 0 Å². The van der Waals surface area contributed by atoms with Gasteiger partial charge in [-0.3, -0.25) is 4.21 Å². The number of hydrogen-bond donors (Lipinski definition) is 1. The topological polar surface area (TPSA) is 88.5 Å². The average molecular weight is 346 g/mol. The summed E-state index contributed by atoms with van der Waals surface area (Å²) in [5.74, 6) is -1.14. The molecule has 0 fully saturated rings. The van der Waals surface area contributed by atoms with Gasteiger partial charge in [-0.15, -0.1) is 11.3 Å². The number of carbonyl (C=O) groups is 1. The minimum atomic E-state index is -3.17. The van der Waals surface area contributed by atoms with Gasteiger partial charge in [0, 0.05) is 27.5 Å². The predicted octanol–water partition coefficient (Wildman–Crippen LogP) is 1.89. The van der Waals surface area contributed by atoms with E-state index in [1.54, 1.807) is 12.1 Å². The number of sulfone groups is 1. The first-order valence-electron chi connectivity index (χ1n) is 6.04. The lowest BCUT2D eigenvalue weighted by Gasteiger charge is -2.03. The largest absolute Gasteiger partial charge is 0.477 e. The van der Waals surface area contributed by atoms with Crippen LogP contribution < -0.4 is 0 Å². The number of rotatable bonds is 6. The highest BCUT2D eigenvalue weighted by Crippen LogP contribution is 2.32. The van der Waals surface area contributed by atoms with E-state index in [9.17, 15) is 22.5 Å². The lowest BCUT2D eigenvalue weighted by molar-refractivity contribution is 0.0701. The van der Waals surface area contributed by atoms with Crippen molar-refractivity contribution in [2.45, 2.75) is 5.75 Å². The molecule has 0 spiro atoms. The van der Waals surface area contributed by atoms with Gasteiger partial charge in [0.1, 0.15) is 14.7 Å². The molecule has 114 valence electrons. The van der Waals surface area contributed by atoms with Crippen molar-refractivity contribution in [3.63, 3.8) is 0 Å². The molecule has 0 saturated heterocycles. The van der Waals surface area contributed by atoms with Crippen LogP contribution in [0, 0.1) is 0 Å². The fourth-order valence-corrected chi connectivity index (χ4v) is 5.76. The van der Waals surface area contributed by atoms with Crippen LogP contribution in [0.1, 0.15) is 15.2 Å². The fourth-order valence-electron chi connectivity index (χ4n) is 1.89. The Balaban J connectivity index is 2.30. The molecular weight excluding hydrogens is 332 g/mol. The van der Waals surface area contributed by atoms with E-state index in [2.05, 4.69) is 0 Å². The van der Waals surface area contributed by atoms with Gasteiger partial charge in [0.05, 0.1) is 11.5 Å². The summed E-state index contributed by atoms with van der Waals surface area (Å²) >= 11 is 1.15. The number of thiophene rings is 1. The van der Waals surface area contributed by atoms with Gasteiger partial charge in [-0.25, -0.2) is 13.2 Å². The lowest BCUT2D eigenvalue weighted by Crippen LogP contribution is -2.13. The van der Waals surface area contributed by atoms with E-state index in [1.165, 1.54) is 0 Å². The van der Waals surface area contributed by atoms with Crippen LogP contribution in [0.2, 0.25) is 0 Å². The Morgan fingerprint density at radius 2 is 2.00 bits per heavy atom. The molecule has 1 N–H and O–H groups in total. The molecule has 1 aromatic heterocycles. The first-order chi connectivity index (χ1) is 9.78. The van der Waals surface area contributed by atoms with Crippen molar-refractivity contribution in [1.82, 2.24) is 0 Å². The molecule has 0 aliphatic heterocycles. The highest BCUT2D eigenvalue weighted by atomic mass is 32.2. The maximum Gasteiger partial charge on any atom is 0.346 e. The van der Waals surface area contributed by atoms with E-state index in [0.717, 1.165) is 27.7 Å². The van der Waals surface area contributed by atoms with Crippen LogP contribution in [0.4, 0.5) is 0 Å². The fraction of sp³-hybridized carbons (Fsp3) is 0.308.